The van der Waals surface area contributed by atoms with Gasteiger partial charge in [-0.3, -0.25) is 14.5 Å². The lowest BCUT2D eigenvalue weighted by atomic mass is 10.2. The van der Waals surface area contributed by atoms with Crippen molar-refractivity contribution in [2.45, 2.75) is 13.2 Å². The van der Waals surface area contributed by atoms with Gasteiger partial charge in [0.2, 0.25) is 0 Å². The van der Waals surface area contributed by atoms with Crippen molar-refractivity contribution in [3.63, 3.8) is 0 Å². The first-order valence-corrected chi connectivity index (χ1v) is 11.1. The first-order valence-electron chi connectivity index (χ1n) is 9.56. The zero-order valence-corrected chi connectivity index (χ0v) is 18.9. The fourth-order valence-corrected chi connectivity index (χ4v) is 4.30. The zero-order chi connectivity index (χ0) is 22.7. The predicted molar refractivity (Wildman–Crippen MR) is 125 cm³/mol. The van der Waals surface area contributed by atoms with Crippen LogP contribution in [-0.2, 0) is 17.9 Å². The van der Waals surface area contributed by atoms with Crippen LogP contribution in [-0.4, -0.2) is 16.0 Å². The summed E-state index contributed by atoms with van der Waals surface area (Å²) < 4.78 is 19.0. The van der Waals surface area contributed by atoms with Crippen LogP contribution < -0.4 is 4.74 Å². The van der Waals surface area contributed by atoms with Crippen LogP contribution in [0.4, 0.5) is 9.18 Å². The summed E-state index contributed by atoms with van der Waals surface area (Å²) in [5.41, 5.74) is 2.13. The molecule has 8 heteroatoms. The van der Waals surface area contributed by atoms with Gasteiger partial charge in [0, 0.05) is 15.6 Å². The van der Waals surface area contributed by atoms with E-state index < -0.39 is 17.0 Å². The highest BCUT2D eigenvalue weighted by atomic mass is 35.5. The first-order chi connectivity index (χ1) is 15.4. The zero-order valence-electron chi connectivity index (χ0n) is 16.6. The lowest BCUT2D eigenvalue weighted by Gasteiger charge is -2.13. The van der Waals surface area contributed by atoms with Crippen molar-refractivity contribution >= 4 is 52.2 Å². The number of ether oxygens (including phenoxy) is 1. The van der Waals surface area contributed by atoms with Crippen molar-refractivity contribution in [2.24, 2.45) is 0 Å². The van der Waals surface area contributed by atoms with Gasteiger partial charge >= 0.3 is 0 Å². The fraction of sp³-hybridized carbons (Fsp3) is 0.0833. The number of imide groups is 1. The molecule has 0 atom stereocenters. The Labute approximate surface area is 198 Å². The second kappa shape index (κ2) is 9.77. The Morgan fingerprint density at radius 2 is 1.69 bits per heavy atom. The number of hydrogen-bond donors (Lipinski definition) is 0. The van der Waals surface area contributed by atoms with E-state index in [0.29, 0.717) is 27.8 Å². The Balaban J connectivity index is 1.42. The minimum Gasteiger partial charge on any atom is -0.489 e. The maximum Gasteiger partial charge on any atom is 0.293 e. The summed E-state index contributed by atoms with van der Waals surface area (Å²) >= 11 is 13.0. The van der Waals surface area contributed by atoms with Gasteiger partial charge in [-0.2, -0.15) is 0 Å². The van der Waals surface area contributed by atoms with Crippen molar-refractivity contribution in [1.82, 2.24) is 4.90 Å². The van der Waals surface area contributed by atoms with Gasteiger partial charge in [0.15, 0.2) is 0 Å². The molecule has 32 heavy (non-hydrogen) atoms. The van der Waals surface area contributed by atoms with Gasteiger partial charge in [0.25, 0.3) is 11.1 Å². The van der Waals surface area contributed by atoms with Crippen molar-refractivity contribution in [3.05, 3.63) is 104 Å². The highest BCUT2D eigenvalue weighted by Crippen LogP contribution is 2.34. The quantitative estimate of drug-likeness (QED) is 0.353. The highest BCUT2D eigenvalue weighted by molar-refractivity contribution is 8.18. The molecule has 1 heterocycles. The lowest BCUT2D eigenvalue weighted by molar-refractivity contribution is -0.123. The second-order valence-corrected chi connectivity index (χ2v) is 8.76. The van der Waals surface area contributed by atoms with Gasteiger partial charge in [-0.05, 0) is 59.3 Å². The summed E-state index contributed by atoms with van der Waals surface area (Å²) in [5.74, 6) is -0.243. The standard InChI is InChI=1S/C24H16Cl2FNO3S/c25-20-4-2-1-3-17(20)14-31-19-9-5-15(6-10-19)11-22-23(29)28(24(30)32-22)13-16-7-8-18(27)12-21(16)26/h1-12H,13-14H2/b22-11-. The Kier molecular flexibility index (Phi) is 6.84. The van der Waals surface area contributed by atoms with E-state index >= 15 is 0 Å². The molecule has 3 aromatic carbocycles. The molecule has 1 fully saturated rings. The van der Waals surface area contributed by atoms with Crippen molar-refractivity contribution < 1.29 is 18.7 Å². The number of hydrogen-bond acceptors (Lipinski definition) is 4. The molecule has 162 valence electrons. The monoisotopic (exact) mass is 487 g/mol. The molecule has 0 aliphatic carbocycles. The number of rotatable bonds is 6. The molecule has 1 aliphatic rings. The topological polar surface area (TPSA) is 46.6 Å². The number of thioether (sulfide) groups is 1. The summed E-state index contributed by atoms with van der Waals surface area (Å²) in [7, 11) is 0. The van der Waals surface area contributed by atoms with Crippen LogP contribution in [0.15, 0.2) is 71.6 Å². The van der Waals surface area contributed by atoms with Crippen LogP contribution in [0, 0.1) is 5.82 Å². The van der Waals surface area contributed by atoms with E-state index in [1.165, 1.54) is 12.1 Å². The van der Waals surface area contributed by atoms with Crippen LogP contribution in [0.1, 0.15) is 16.7 Å². The van der Waals surface area contributed by atoms with Crippen LogP contribution in [0.5, 0.6) is 5.75 Å². The third-order valence-corrected chi connectivity index (χ3v) is 6.38. The van der Waals surface area contributed by atoms with Crippen LogP contribution >= 0.6 is 35.0 Å². The van der Waals surface area contributed by atoms with Crippen LogP contribution in [0.2, 0.25) is 10.0 Å². The van der Waals surface area contributed by atoms with E-state index in [1.54, 1.807) is 36.4 Å². The number of nitrogens with zero attached hydrogens (tertiary/aromatic N) is 1. The van der Waals surface area contributed by atoms with Gasteiger partial charge < -0.3 is 4.74 Å². The molecular weight excluding hydrogens is 472 g/mol. The SMILES string of the molecule is O=C1S/C(=C\c2ccc(OCc3ccccc3Cl)cc2)C(=O)N1Cc1ccc(F)cc1Cl. The van der Waals surface area contributed by atoms with E-state index in [0.717, 1.165) is 33.9 Å². The molecule has 0 spiro atoms. The van der Waals surface area contributed by atoms with Gasteiger partial charge in [0.05, 0.1) is 11.4 Å². The summed E-state index contributed by atoms with van der Waals surface area (Å²) in [6, 6.07) is 18.5. The molecule has 4 nitrogen and oxygen atoms in total. The van der Waals surface area contributed by atoms with E-state index in [9.17, 15) is 14.0 Å². The van der Waals surface area contributed by atoms with Gasteiger partial charge in [-0.25, -0.2) is 4.39 Å². The normalized spacial score (nSPS) is 15.0. The van der Waals surface area contributed by atoms with E-state index in [-0.39, 0.29) is 11.6 Å². The first kappa shape index (κ1) is 22.4. The average Bonchev–Trinajstić information content (AvgIpc) is 3.03. The minimum atomic E-state index is -0.480. The lowest BCUT2D eigenvalue weighted by Crippen LogP contribution is -2.27. The van der Waals surface area contributed by atoms with Crippen LogP contribution in [0.3, 0.4) is 0 Å². The molecule has 1 saturated heterocycles. The molecule has 2 amide bonds. The third kappa shape index (κ3) is 5.15. The fourth-order valence-electron chi connectivity index (χ4n) is 3.04. The van der Waals surface area contributed by atoms with Gasteiger partial charge in [-0.15, -0.1) is 0 Å². The van der Waals surface area contributed by atoms with Crippen LogP contribution in [0.25, 0.3) is 6.08 Å². The smallest absolute Gasteiger partial charge is 0.293 e. The Bertz CT molecular complexity index is 1210. The molecule has 3 aromatic rings. The number of carbonyl (C=O) groups excluding carboxylic acids is 2. The molecule has 0 bridgehead atoms. The Morgan fingerprint density at radius 3 is 2.41 bits per heavy atom. The number of benzene rings is 3. The van der Waals surface area contributed by atoms with Crippen molar-refractivity contribution in [3.8, 4) is 5.75 Å². The Hall–Kier alpha value is -2.80. The molecule has 0 unspecified atom stereocenters. The van der Waals surface area contributed by atoms with Gasteiger partial charge in [0.1, 0.15) is 18.2 Å². The third-order valence-electron chi connectivity index (χ3n) is 4.75. The molecular formula is C24H16Cl2FNO3S. The van der Waals surface area contributed by atoms with E-state index in [1.807, 2.05) is 18.2 Å². The molecule has 0 N–H and O–H groups in total. The number of halogens is 3. The predicted octanol–water partition coefficient (Wildman–Crippen LogP) is 6.95. The largest absolute Gasteiger partial charge is 0.489 e. The number of amides is 2. The summed E-state index contributed by atoms with van der Waals surface area (Å²) in [5, 5.41) is 0.406. The molecule has 0 radical (unpaired) electrons. The van der Waals surface area contributed by atoms with Crippen molar-refractivity contribution in [2.75, 3.05) is 0 Å². The summed E-state index contributed by atoms with van der Waals surface area (Å²) in [6.07, 6.45) is 1.65. The maximum atomic E-state index is 13.2. The van der Waals surface area contributed by atoms with E-state index in [2.05, 4.69) is 0 Å². The summed E-state index contributed by atoms with van der Waals surface area (Å²) in [4.78, 5) is 26.5. The molecule has 0 aromatic heterocycles. The van der Waals surface area contributed by atoms with E-state index in [4.69, 9.17) is 27.9 Å². The minimum absolute atomic E-state index is 0.0179. The average molecular weight is 488 g/mol. The highest BCUT2D eigenvalue weighted by Gasteiger charge is 2.35. The number of carbonyl (C=O) groups is 2. The Morgan fingerprint density at radius 1 is 0.938 bits per heavy atom. The second-order valence-electron chi connectivity index (χ2n) is 6.95. The van der Waals surface area contributed by atoms with Gasteiger partial charge in [-0.1, -0.05) is 59.6 Å². The molecule has 1 aliphatic heterocycles. The maximum absolute atomic E-state index is 13.2. The molecule has 4 rings (SSSR count). The van der Waals surface area contributed by atoms with Crippen molar-refractivity contribution in [1.29, 1.82) is 0 Å². The molecule has 0 saturated carbocycles. The summed E-state index contributed by atoms with van der Waals surface area (Å²) in [6.45, 7) is 0.319.